The van der Waals surface area contributed by atoms with Gasteiger partial charge in [-0.15, -0.1) is 11.6 Å². The van der Waals surface area contributed by atoms with Gasteiger partial charge in [0.2, 0.25) is 0 Å². The van der Waals surface area contributed by atoms with Gasteiger partial charge in [-0.25, -0.2) is 4.39 Å². The molecule has 0 fully saturated rings. The van der Waals surface area contributed by atoms with Crippen molar-refractivity contribution in [2.75, 3.05) is 11.6 Å². The van der Waals surface area contributed by atoms with Gasteiger partial charge in [0.25, 0.3) is 0 Å². The lowest BCUT2D eigenvalue weighted by atomic mass is 10.2. The Balaban J connectivity index is 2.61. The summed E-state index contributed by atoms with van der Waals surface area (Å²) in [6.07, 6.45) is 0. The lowest BCUT2D eigenvalue weighted by molar-refractivity contribution is 0.619. The molecule has 0 aliphatic rings. The van der Waals surface area contributed by atoms with Gasteiger partial charge in [0.15, 0.2) is 0 Å². The van der Waals surface area contributed by atoms with E-state index in [2.05, 4.69) is 15.9 Å². The van der Waals surface area contributed by atoms with E-state index in [9.17, 15) is 4.39 Å². The maximum atomic E-state index is 13.0. The van der Waals surface area contributed by atoms with E-state index in [0.717, 1.165) is 17.1 Å². The van der Waals surface area contributed by atoms with E-state index in [0.29, 0.717) is 10.4 Å². The van der Waals surface area contributed by atoms with E-state index in [4.69, 9.17) is 11.6 Å². The van der Waals surface area contributed by atoms with Crippen molar-refractivity contribution in [3.05, 3.63) is 34.1 Å². The van der Waals surface area contributed by atoms with Crippen molar-refractivity contribution in [2.24, 2.45) is 0 Å². The van der Waals surface area contributed by atoms with Crippen LogP contribution in [-0.4, -0.2) is 11.6 Å². The normalized spacial score (nSPS) is 10.4. The van der Waals surface area contributed by atoms with Crippen LogP contribution in [0.2, 0.25) is 0 Å². The van der Waals surface area contributed by atoms with E-state index in [1.165, 1.54) is 6.07 Å². The fraction of sp³-hybridized carbons (Fsp3) is 0.333. The predicted molar refractivity (Wildman–Crippen MR) is 61.0 cm³/mol. The van der Waals surface area contributed by atoms with Crippen molar-refractivity contribution in [3.8, 4) is 0 Å². The molecule has 0 aliphatic heterocycles. The molecule has 1 rings (SSSR count). The molecule has 4 heteroatoms. The molecule has 1 aromatic rings. The standard InChI is InChI=1S/C9H9BrClFS/c10-9-7(6-13-5-4-11)2-1-3-8(9)12/h1-3H,4-6H2. The number of alkyl halides is 1. The molecule has 0 nitrogen and oxygen atoms in total. The highest BCUT2D eigenvalue weighted by Crippen LogP contribution is 2.24. The van der Waals surface area contributed by atoms with Gasteiger partial charge in [-0.3, -0.25) is 0 Å². The van der Waals surface area contributed by atoms with E-state index < -0.39 is 0 Å². The Bertz CT molecular complexity index is 280. The van der Waals surface area contributed by atoms with Gasteiger partial charge in [0.1, 0.15) is 5.82 Å². The Hall–Kier alpha value is 0.270. The minimum Gasteiger partial charge on any atom is -0.206 e. The third kappa shape index (κ3) is 3.49. The van der Waals surface area contributed by atoms with Crippen LogP contribution >= 0.6 is 39.3 Å². The Morgan fingerprint density at radius 2 is 2.23 bits per heavy atom. The fourth-order valence-electron chi connectivity index (χ4n) is 0.897. The first-order valence-corrected chi connectivity index (χ1v) is 6.30. The molecule has 13 heavy (non-hydrogen) atoms. The second-order valence-corrected chi connectivity index (χ2v) is 4.73. The molecule has 0 bridgehead atoms. The zero-order valence-corrected chi connectivity index (χ0v) is 10.1. The van der Waals surface area contributed by atoms with Crippen LogP contribution in [0.25, 0.3) is 0 Å². The molecular weight excluding hydrogens is 275 g/mol. The number of hydrogen-bond donors (Lipinski definition) is 0. The molecule has 1 aromatic carbocycles. The first kappa shape index (κ1) is 11.3. The molecule has 0 amide bonds. The fourth-order valence-corrected chi connectivity index (χ4v) is 2.53. The smallest absolute Gasteiger partial charge is 0.137 e. The number of benzene rings is 1. The number of thioether (sulfide) groups is 1. The van der Waals surface area contributed by atoms with Crippen LogP contribution in [0, 0.1) is 5.82 Å². The first-order valence-electron chi connectivity index (χ1n) is 3.82. The van der Waals surface area contributed by atoms with Crippen molar-refractivity contribution in [1.82, 2.24) is 0 Å². The van der Waals surface area contributed by atoms with Gasteiger partial charge in [-0.1, -0.05) is 12.1 Å². The maximum Gasteiger partial charge on any atom is 0.137 e. The first-order chi connectivity index (χ1) is 6.25. The SMILES string of the molecule is Fc1cccc(CSCCCl)c1Br. The van der Waals surface area contributed by atoms with Crippen LogP contribution in [0.4, 0.5) is 4.39 Å². The second-order valence-electron chi connectivity index (χ2n) is 2.45. The summed E-state index contributed by atoms with van der Waals surface area (Å²) in [4.78, 5) is 0. The average molecular weight is 284 g/mol. The summed E-state index contributed by atoms with van der Waals surface area (Å²) in [6, 6.07) is 5.07. The van der Waals surface area contributed by atoms with Crippen molar-refractivity contribution < 1.29 is 4.39 Å². The van der Waals surface area contributed by atoms with Gasteiger partial charge in [-0.2, -0.15) is 11.8 Å². The summed E-state index contributed by atoms with van der Waals surface area (Å²) < 4.78 is 13.6. The van der Waals surface area contributed by atoms with E-state index in [1.807, 2.05) is 6.07 Å². The van der Waals surface area contributed by atoms with Gasteiger partial charge in [0.05, 0.1) is 4.47 Å². The van der Waals surface area contributed by atoms with E-state index in [1.54, 1.807) is 17.8 Å². The third-order valence-corrected chi connectivity index (χ3v) is 3.82. The van der Waals surface area contributed by atoms with Crippen molar-refractivity contribution in [2.45, 2.75) is 5.75 Å². The molecule has 0 saturated heterocycles. The molecule has 0 heterocycles. The van der Waals surface area contributed by atoms with Crippen molar-refractivity contribution >= 4 is 39.3 Å². The molecule has 0 saturated carbocycles. The van der Waals surface area contributed by atoms with Crippen molar-refractivity contribution in [1.29, 1.82) is 0 Å². The molecule has 0 unspecified atom stereocenters. The molecule has 0 atom stereocenters. The van der Waals surface area contributed by atoms with Crippen LogP contribution in [0.5, 0.6) is 0 Å². The highest BCUT2D eigenvalue weighted by Gasteiger charge is 2.04. The van der Waals surface area contributed by atoms with Gasteiger partial charge in [-0.05, 0) is 27.6 Å². The number of rotatable bonds is 4. The summed E-state index contributed by atoms with van der Waals surface area (Å²) in [5.41, 5.74) is 0.982. The van der Waals surface area contributed by atoms with Crippen LogP contribution in [0.1, 0.15) is 5.56 Å². The Morgan fingerprint density at radius 1 is 1.46 bits per heavy atom. The second kappa shape index (κ2) is 5.89. The topological polar surface area (TPSA) is 0 Å². The molecule has 0 aliphatic carbocycles. The van der Waals surface area contributed by atoms with E-state index in [-0.39, 0.29) is 5.82 Å². The summed E-state index contributed by atoms with van der Waals surface area (Å²) in [5.74, 6) is 2.12. The number of hydrogen-bond acceptors (Lipinski definition) is 1. The third-order valence-electron chi connectivity index (χ3n) is 1.51. The van der Waals surface area contributed by atoms with Crippen LogP contribution in [-0.2, 0) is 5.75 Å². The Labute approximate surface area is 95.0 Å². The Kier molecular flexibility index (Phi) is 5.14. The molecule has 0 aromatic heterocycles. The monoisotopic (exact) mass is 282 g/mol. The summed E-state index contributed by atoms with van der Waals surface area (Å²) in [7, 11) is 0. The highest BCUT2D eigenvalue weighted by molar-refractivity contribution is 9.10. The van der Waals surface area contributed by atoms with E-state index >= 15 is 0 Å². The summed E-state index contributed by atoms with van der Waals surface area (Å²) in [6.45, 7) is 0. The molecule has 0 N–H and O–H groups in total. The average Bonchev–Trinajstić information content (AvgIpc) is 2.13. The van der Waals surface area contributed by atoms with Gasteiger partial charge in [0, 0.05) is 17.4 Å². The molecule has 0 spiro atoms. The van der Waals surface area contributed by atoms with Crippen LogP contribution in [0.3, 0.4) is 0 Å². The minimum atomic E-state index is -0.205. The highest BCUT2D eigenvalue weighted by atomic mass is 79.9. The largest absolute Gasteiger partial charge is 0.206 e. The van der Waals surface area contributed by atoms with Crippen LogP contribution < -0.4 is 0 Å². The maximum absolute atomic E-state index is 13.0. The predicted octanol–water partition coefficient (Wildman–Crippen LogP) is 4.06. The molecule has 72 valence electrons. The lowest BCUT2D eigenvalue weighted by Crippen LogP contribution is -1.88. The number of halogens is 3. The molecular formula is C9H9BrClFS. The lowest BCUT2D eigenvalue weighted by Gasteiger charge is -2.03. The zero-order valence-electron chi connectivity index (χ0n) is 6.90. The summed E-state index contributed by atoms with van der Waals surface area (Å²) in [5, 5.41) is 0. The quantitative estimate of drug-likeness (QED) is 0.593. The van der Waals surface area contributed by atoms with Crippen LogP contribution in [0.15, 0.2) is 22.7 Å². The zero-order chi connectivity index (χ0) is 9.68. The minimum absolute atomic E-state index is 0.205. The van der Waals surface area contributed by atoms with Gasteiger partial charge < -0.3 is 0 Å². The molecule has 0 radical (unpaired) electrons. The summed E-state index contributed by atoms with van der Waals surface area (Å²) >= 11 is 10.4. The van der Waals surface area contributed by atoms with Gasteiger partial charge >= 0.3 is 0 Å². The Morgan fingerprint density at radius 3 is 2.92 bits per heavy atom. The van der Waals surface area contributed by atoms with Crippen molar-refractivity contribution in [3.63, 3.8) is 0 Å².